The van der Waals surface area contributed by atoms with Crippen LogP contribution in [-0.2, 0) is 4.74 Å². The van der Waals surface area contributed by atoms with E-state index < -0.39 is 0 Å². The van der Waals surface area contributed by atoms with E-state index >= 15 is 0 Å². The number of likely N-dealkylation sites (N-methyl/N-ethyl adjacent to an activating group) is 1. The van der Waals surface area contributed by atoms with E-state index in [0.717, 1.165) is 57.9 Å². The number of aliphatic imine (C=N–C) groups is 1. The van der Waals surface area contributed by atoms with Gasteiger partial charge in [-0.25, -0.2) is 0 Å². The summed E-state index contributed by atoms with van der Waals surface area (Å²) in [5.74, 6) is 0.933. The highest BCUT2D eigenvalue weighted by Gasteiger charge is 2.19. The summed E-state index contributed by atoms with van der Waals surface area (Å²) in [4.78, 5) is 9.63. The molecule has 0 aromatic heterocycles. The molecule has 0 aliphatic carbocycles. The molecule has 0 bridgehead atoms. The topological polar surface area (TPSA) is 52.1 Å². The van der Waals surface area contributed by atoms with Gasteiger partial charge >= 0.3 is 0 Å². The number of methoxy groups -OCH3 is 1. The lowest BCUT2D eigenvalue weighted by Gasteiger charge is -2.34. The second-order valence-electron chi connectivity index (χ2n) is 6.58. The Bertz CT molecular complexity index is 337. The smallest absolute Gasteiger partial charge is 0.191 e. The monoisotopic (exact) mass is 341 g/mol. The molecule has 6 nitrogen and oxygen atoms in total. The van der Waals surface area contributed by atoms with E-state index in [2.05, 4.69) is 41.3 Å². The van der Waals surface area contributed by atoms with Crippen LogP contribution in [-0.4, -0.2) is 88.4 Å². The molecule has 142 valence electrons. The Morgan fingerprint density at radius 1 is 1.25 bits per heavy atom. The Kier molecular flexibility index (Phi) is 11.9. The first-order valence-corrected chi connectivity index (χ1v) is 9.64. The van der Waals surface area contributed by atoms with Crippen LogP contribution in [0.25, 0.3) is 0 Å². The van der Waals surface area contributed by atoms with Crippen LogP contribution < -0.4 is 10.6 Å². The zero-order valence-corrected chi connectivity index (χ0v) is 16.3. The lowest BCUT2D eigenvalue weighted by molar-refractivity contribution is 0.148. The molecule has 1 atom stereocenters. The van der Waals surface area contributed by atoms with E-state index in [1.165, 1.54) is 32.2 Å². The van der Waals surface area contributed by atoms with E-state index in [1.54, 1.807) is 7.11 Å². The van der Waals surface area contributed by atoms with Crippen molar-refractivity contribution in [3.8, 4) is 0 Å². The fraction of sp³-hybridized carbons (Fsp3) is 0.944. The van der Waals surface area contributed by atoms with Crippen LogP contribution in [0.4, 0.5) is 0 Å². The molecule has 1 aliphatic heterocycles. The molecule has 1 aliphatic rings. The highest BCUT2D eigenvalue weighted by Crippen LogP contribution is 2.18. The van der Waals surface area contributed by atoms with Gasteiger partial charge in [0.05, 0.1) is 13.2 Å². The first-order valence-electron chi connectivity index (χ1n) is 9.64. The fourth-order valence-corrected chi connectivity index (χ4v) is 3.17. The van der Waals surface area contributed by atoms with Gasteiger partial charge in [-0.3, -0.25) is 9.89 Å². The van der Waals surface area contributed by atoms with Crippen LogP contribution in [0.2, 0.25) is 0 Å². The third-order valence-electron chi connectivity index (χ3n) is 4.68. The van der Waals surface area contributed by atoms with Gasteiger partial charge in [0.25, 0.3) is 0 Å². The molecule has 24 heavy (non-hydrogen) atoms. The van der Waals surface area contributed by atoms with Crippen molar-refractivity contribution in [3.63, 3.8) is 0 Å². The van der Waals surface area contributed by atoms with Crippen molar-refractivity contribution in [3.05, 3.63) is 0 Å². The minimum Gasteiger partial charge on any atom is -0.383 e. The summed E-state index contributed by atoms with van der Waals surface area (Å²) >= 11 is 0. The first kappa shape index (κ1) is 21.2. The number of likely N-dealkylation sites (tertiary alicyclic amines) is 1. The van der Waals surface area contributed by atoms with Crippen LogP contribution in [0.15, 0.2) is 4.99 Å². The minimum absolute atomic E-state index is 0.763. The van der Waals surface area contributed by atoms with E-state index in [4.69, 9.17) is 9.73 Å². The van der Waals surface area contributed by atoms with Gasteiger partial charge in [0.2, 0.25) is 0 Å². The second-order valence-corrected chi connectivity index (χ2v) is 6.58. The van der Waals surface area contributed by atoms with Gasteiger partial charge in [0, 0.05) is 45.9 Å². The number of nitrogens with zero attached hydrogens (tertiary/aromatic N) is 3. The normalized spacial score (nSPS) is 19.7. The van der Waals surface area contributed by atoms with Gasteiger partial charge in [-0.05, 0) is 39.8 Å². The van der Waals surface area contributed by atoms with Crippen molar-refractivity contribution in [2.75, 3.05) is 66.6 Å². The maximum Gasteiger partial charge on any atom is 0.191 e. The number of hydrogen-bond acceptors (Lipinski definition) is 4. The van der Waals surface area contributed by atoms with Gasteiger partial charge < -0.3 is 20.3 Å². The predicted octanol–water partition coefficient (Wildman–Crippen LogP) is 1.38. The van der Waals surface area contributed by atoms with Crippen molar-refractivity contribution in [1.82, 2.24) is 20.4 Å². The van der Waals surface area contributed by atoms with E-state index in [1.807, 2.05) is 0 Å². The molecule has 1 heterocycles. The Balaban J connectivity index is 2.30. The van der Waals surface area contributed by atoms with Crippen LogP contribution >= 0.6 is 0 Å². The third kappa shape index (κ3) is 8.85. The van der Waals surface area contributed by atoms with Crippen LogP contribution in [0.5, 0.6) is 0 Å². The first-order chi connectivity index (χ1) is 11.7. The largest absolute Gasteiger partial charge is 0.383 e. The summed E-state index contributed by atoms with van der Waals surface area (Å²) < 4.78 is 5.10. The zero-order valence-electron chi connectivity index (χ0n) is 16.3. The van der Waals surface area contributed by atoms with Gasteiger partial charge in [0.1, 0.15) is 0 Å². The van der Waals surface area contributed by atoms with Gasteiger partial charge in [0.15, 0.2) is 5.96 Å². The number of ether oxygens (including phenoxy) is 1. The quantitative estimate of drug-likeness (QED) is 0.439. The average Bonchev–Trinajstić information content (AvgIpc) is 2.60. The Labute approximate surface area is 149 Å². The molecule has 1 unspecified atom stereocenters. The number of nitrogens with one attached hydrogen (secondary N) is 2. The Morgan fingerprint density at radius 3 is 2.79 bits per heavy atom. The minimum atomic E-state index is 0.763. The summed E-state index contributed by atoms with van der Waals surface area (Å²) in [6, 6.07) is 0.763. The standard InChI is InChI=1S/C18H39N5O/c1-5-17-9-7-8-12-23(17)14-11-21-18(19-6-2)20-10-13-22(3)15-16-24-4/h17H,5-16H2,1-4H3,(H2,19,20,21). The second kappa shape index (κ2) is 13.4. The molecule has 0 aromatic carbocycles. The molecule has 1 rings (SSSR count). The van der Waals surface area contributed by atoms with E-state index in [-0.39, 0.29) is 0 Å². The highest BCUT2D eigenvalue weighted by atomic mass is 16.5. The van der Waals surface area contributed by atoms with Crippen LogP contribution in [0, 0.1) is 0 Å². The molecule has 1 fully saturated rings. The Hall–Kier alpha value is -0.850. The molecule has 0 saturated carbocycles. The maximum atomic E-state index is 5.10. The van der Waals surface area contributed by atoms with Crippen molar-refractivity contribution in [2.45, 2.75) is 45.6 Å². The van der Waals surface area contributed by atoms with Gasteiger partial charge in [-0.15, -0.1) is 0 Å². The SMILES string of the molecule is CCNC(=NCCN1CCCCC1CC)NCCN(C)CCOC. The van der Waals surface area contributed by atoms with Crippen molar-refractivity contribution in [1.29, 1.82) is 0 Å². The number of guanidine groups is 1. The number of rotatable bonds is 11. The van der Waals surface area contributed by atoms with E-state index in [9.17, 15) is 0 Å². The van der Waals surface area contributed by atoms with Gasteiger partial charge in [-0.1, -0.05) is 13.3 Å². The summed E-state index contributed by atoms with van der Waals surface area (Å²) in [6.45, 7) is 12.1. The van der Waals surface area contributed by atoms with E-state index in [0.29, 0.717) is 0 Å². The van der Waals surface area contributed by atoms with Crippen LogP contribution in [0.3, 0.4) is 0 Å². The molecular formula is C18H39N5O. The van der Waals surface area contributed by atoms with Crippen LogP contribution in [0.1, 0.15) is 39.5 Å². The van der Waals surface area contributed by atoms with Crippen molar-refractivity contribution >= 4 is 5.96 Å². The molecule has 1 saturated heterocycles. The maximum absolute atomic E-state index is 5.10. The summed E-state index contributed by atoms with van der Waals surface area (Å²) in [7, 11) is 3.86. The zero-order chi connectivity index (χ0) is 17.6. The fourth-order valence-electron chi connectivity index (χ4n) is 3.17. The lowest BCUT2D eigenvalue weighted by atomic mass is 10.0. The van der Waals surface area contributed by atoms with Crippen molar-refractivity contribution < 1.29 is 4.74 Å². The number of piperidine rings is 1. The Morgan fingerprint density at radius 2 is 2.08 bits per heavy atom. The molecular weight excluding hydrogens is 302 g/mol. The third-order valence-corrected chi connectivity index (χ3v) is 4.68. The summed E-state index contributed by atoms with van der Waals surface area (Å²) in [6.07, 6.45) is 5.34. The molecule has 0 radical (unpaired) electrons. The average molecular weight is 342 g/mol. The molecule has 2 N–H and O–H groups in total. The number of hydrogen-bond donors (Lipinski definition) is 2. The highest BCUT2D eigenvalue weighted by molar-refractivity contribution is 5.79. The lowest BCUT2D eigenvalue weighted by Crippen LogP contribution is -2.43. The molecule has 6 heteroatoms. The molecule has 0 amide bonds. The van der Waals surface area contributed by atoms with Crippen molar-refractivity contribution in [2.24, 2.45) is 4.99 Å². The molecule has 0 aromatic rings. The molecule has 0 spiro atoms. The summed E-state index contributed by atoms with van der Waals surface area (Å²) in [5.41, 5.74) is 0. The predicted molar refractivity (Wildman–Crippen MR) is 103 cm³/mol. The van der Waals surface area contributed by atoms with Gasteiger partial charge in [-0.2, -0.15) is 0 Å². The summed E-state index contributed by atoms with van der Waals surface area (Å²) in [5, 5.41) is 6.77.